The lowest BCUT2D eigenvalue weighted by Crippen LogP contribution is -2.59. The third-order valence-corrected chi connectivity index (χ3v) is 6.06. The summed E-state index contributed by atoms with van der Waals surface area (Å²) in [6, 6.07) is 5.61. The normalized spacial score (nSPS) is 31.6. The maximum atomic E-state index is 9.93. The van der Waals surface area contributed by atoms with Crippen molar-refractivity contribution >= 4 is 21.6 Å². The quantitative estimate of drug-likeness (QED) is 0.374. The molecule has 0 bridgehead atoms. The van der Waals surface area contributed by atoms with Gasteiger partial charge in [0, 0.05) is 6.20 Å². The van der Waals surface area contributed by atoms with E-state index in [2.05, 4.69) is 11.6 Å². The molecule has 1 unspecified atom stereocenters. The molecule has 1 fully saturated rings. The highest BCUT2D eigenvalue weighted by Crippen LogP contribution is 2.34. The molecule has 0 spiro atoms. The highest BCUT2D eigenvalue weighted by atomic mass is 33.1. The van der Waals surface area contributed by atoms with Crippen LogP contribution in [0.15, 0.2) is 42.1 Å². The van der Waals surface area contributed by atoms with Crippen molar-refractivity contribution in [1.29, 1.82) is 0 Å². The summed E-state index contributed by atoms with van der Waals surface area (Å²) in [6.45, 7) is 3.44. The molecule has 4 N–H and O–H groups in total. The second-order valence-corrected chi connectivity index (χ2v) is 7.61. The van der Waals surface area contributed by atoms with Crippen molar-refractivity contribution in [2.45, 2.75) is 41.0 Å². The van der Waals surface area contributed by atoms with E-state index in [1.54, 1.807) is 12.3 Å². The van der Waals surface area contributed by atoms with Gasteiger partial charge in [-0.25, -0.2) is 4.98 Å². The molecule has 1 saturated heterocycles. The molecular weight excluding hydrogens is 354 g/mol. The van der Waals surface area contributed by atoms with Crippen molar-refractivity contribution in [3.05, 3.63) is 37.1 Å². The fraction of sp³-hybridized carbons (Fsp3) is 0.533. The summed E-state index contributed by atoms with van der Waals surface area (Å²) in [5.41, 5.74) is 0. The van der Waals surface area contributed by atoms with Gasteiger partial charge in [0.15, 0.2) is 6.29 Å². The van der Waals surface area contributed by atoms with Crippen LogP contribution >= 0.6 is 21.6 Å². The fourth-order valence-corrected chi connectivity index (χ4v) is 4.07. The third kappa shape index (κ3) is 5.17. The van der Waals surface area contributed by atoms with E-state index in [4.69, 9.17) is 14.6 Å². The number of nitrogens with zero attached hydrogens (tertiary/aromatic N) is 1. The molecule has 0 aromatic carbocycles. The molecule has 0 saturated carbocycles. The highest BCUT2D eigenvalue weighted by molar-refractivity contribution is 8.77. The van der Waals surface area contributed by atoms with E-state index in [9.17, 15) is 15.3 Å². The lowest BCUT2D eigenvalue weighted by Gasteiger charge is -2.39. The minimum Gasteiger partial charge on any atom is -0.394 e. The van der Waals surface area contributed by atoms with Crippen molar-refractivity contribution in [3.8, 4) is 0 Å². The molecule has 1 aliphatic heterocycles. The predicted molar refractivity (Wildman–Crippen MR) is 91.4 cm³/mol. The summed E-state index contributed by atoms with van der Waals surface area (Å²) < 4.78 is 10.8. The number of aliphatic hydroxyl groups is 4. The van der Waals surface area contributed by atoms with E-state index in [1.807, 2.05) is 18.2 Å². The van der Waals surface area contributed by atoms with Crippen LogP contribution in [0.4, 0.5) is 0 Å². The first-order chi connectivity index (χ1) is 11.6. The van der Waals surface area contributed by atoms with E-state index in [1.165, 1.54) is 21.6 Å². The SMILES string of the molecule is C=CC(CO[C@@H]1O[C@H](CO)[C@@H](O)[C@H](O)[C@H]1O)SSc1ccccn1. The molecule has 9 heteroatoms. The number of hydrogen-bond acceptors (Lipinski definition) is 9. The molecule has 1 aromatic rings. The summed E-state index contributed by atoms with van der Waals surface area (Å²) in [6.07, 6.45) is -2.95. The molecule has 6 atom stereocenters. The van der Waals surface area contributed by atoms with Gasteiger partial charge in [0.1, 0.15) is 29.4 Å². The lowest BCUT2D eigenvalue weighted by molar-refractivity contribution is -0.300. The Morgan fingerprint density at radius 1 is 1.29 bits per heavy atom. The van der Waals surface area contributed by atoms with Crippen LogP contribution in [-0.2, 0) is 9.47 Å². The summed E-state index contributed by atoms with van der Waals surface area (Å²) in [5, 5.41) is 39.3. The summed E-state index contributed by atoms with van der Waals surface area (Å²) in [4.78, 5) is 4.20. The fourth-order valence-electron chi connectivity index (χ4n) is 2.04. The second-order valence-electron chi connectivity index (χ2n) is 5.15. The minimum absolute atomic E-state index is 0.107. The first-order valence-electron chi connectivity index (χ1n) is 7.35. The van der Waals surface area contributed by atoms with Gasteiger partial charge in [-0.1, -0.05) is 22.9 Å². The molecule has 0 aliphatic carbocycles. The van der Waals surface area contributed by atoms with E-state index in [-0.39, 0.29) is 11.9 Å². The van der Waals surface area contributed by atoms with Crippen LogP contribution in [0.25, 0.3) is 0 Å². The molecular formula is C15H21NO6S2. The first-order valence-corrected chi connectivity index (χ1v) is 9.57. The third-order valence-electron chi connectivity index (χ3n) is 3.43. The van der Waals surface area contributed by atoms with Gasteiger partial charge < -0.3 is 29.9 Å². The number of aromatic nitrogens is 1. The Kier molecular flexibility index (Phi) is 7.98. The van der Waals surface area contributed by atoms with E-state index < -0.39 is 37.3 Å². The minimum atomic E-state index is -1.45. The Morgan fingerprint density at radius 3 is 2.71 bits per heavy atom. The van der Waals surface area contributed by atoms with Crippen molar-refractivity contribution in [2.24, 2.45) is 0 Å². The number of hydrogen-bond donors (Lipinski definition) is 4. The Balaban J connectivity index is 1.84. The van der Waals surface area contributed by atoms with Crippen LogP contribution in [0, 0.1) is 0 Å². The Bertz CT molecular complexity index is 506. The van der Waals surface area contributed by atoms with Gasteiger partial charge in [0.2, 0.25) is 0 Å². The van der Waals surface area contributed by atoms with Crippen molar-refractivity contribution in [3.63, 3.8) is 0 Å². The zero-order valence-corrected chi connectivity index (χ0v) is 14.5. The molecule has 1 aliphatic rings. The smallest absolute Gasteiger partial charge is 0.186 e. The zero-order chi connectivity index (χ0) is 17.5. The van der Waals surface area contributed by atoms with Crippen LogP contribution in [0.5, 0.6) is 0 Å². The number of rotatable bonds is 8. The Labute approximate surface area is 148 Å². The van der Waals surface area contributed by atoms with Gasteiger partial charge in [-0.3, -0.25) is 0 Å². The van der Waals surface area contributed by atoms with E-state index >= 15 is 0 Å². The predicted octanol–water partition coefficient (Wildman–Crippen LogP) is 0.193. The summed E-state index contributed by atoms with van der Waals surface area (Å²) in [5.74, 6) is 0. The number of pyridine rings is 1. The monoisotopic (exact) mass is 375 g/mol. The average Bonchev–Trinajstić information content (AvgIpc) is 2.62. The second kappa shape index (κ2) is 9.73. The van der Waals surface area contributed by atoms with E-state index in [0.717, 1.165) is 5.03 Å². The van der Waals surface area contributed by atoms with Crippen LogP contribution < -0.4 is 0 Å². The van der Waals surface area contributed by atoms with Crippen molar-refractivity contribution in [1.82, 2.24) is 4.98 Å². The standard InChI is InChI=1S/C15H21NO6S2/c1-2-9(23-24-11-5-3-4-6-16-11)8-21-15-14(20)13(19)12(18)10(7-17)22-15/h2-6,9-10,12-15,17-20H,1,7-8H2/t9?,10-,12-,13+,14-,15-/m1/s1. The van der Waals surface area contributed by atoms with Crippen LogP contribution in [0.2, 0.25) is 0 Å². The Morgan fingerprint density at radius 2 is 2.08 bits per heavy atom. The molecule has 1 aromatic heterocycles. The lowest BCUT2D eigenvalue weighted by atomic mass is 9.99. The largest absolute Gasteiger partial charge is 0.394 e. The van der Waals surface area contributed by atoms with Gasteiger partial charge in [-0.05, 0) is 22.9 Å². The van der Waals surface area contributed by atoms with Crippen molar-refractivity contribution in [2.75, 3.05) is 13.2 Å². The summed E-state index contributed by atoms with van der Waals surface area (Å²) in [7, 11) is 2.95. The maximum absolute atomic E-state index is 9.93. The maximum Gasteiger partial charge on any atom is 0.186 e. The van der Waals surface area contributed by atoms with Crippen LogP contribution in [0.3, 0.4) is 0 Å². The molecule has 134 valence electrons. The molecule has 0 radical (unpaired) electrons. The molecule has 2 rings (SSSR count). The van der Waals surface area contributed by atoms with E-state index in [0.29, 0.717) is 0 Å². The van der Waals surface area contributed by atoms with Gasteiger partial charge in [0.25, 0.3) is 0 Å². The first kappa shape index (κ1) is 19.7. The van der Waals surface area contributed by atoms with Gasteiger partial charge in [-0.2, -0.15) is 0 Å². The molecule has 24 heavy (non-hydrogen) atoms. The zero-order valence-electron chi connectivity index (χ0n) is 12.8. The molecule has 0 amide bonds. The van der Waals surface area contributed by atoms with Crippen molar-refractivity contribution < 1.29 is 29.9 Å². The molecule has 2 heterocycles. The Hall–Kier alpha value is -0.650. The highest BCUT2D eigenvalue weighted by Gasteiger charge is 2.44. The number of aliphatic hydroxyl groups excluding tert-OH is 4. The van der Waals surface area contributed by atoms with Crippen LogP contribution in [-0.4, -0.2) is 74.6 Å². The topological polar surface area (TPSA) is 112 Å². The van der Waals surface area contributed by atoms with Gasteiger partial charge >= 0.3 is 0 Å². The van der Waals surface area contributed by atoms with Gasteiger partial charge in [0.05, 0.1) is 18.5 Å². The summed E-state index contributed by atoms with van der Waals surface area (Å²) >= 11 is 0. The van der Waals surface area contributed by atoms with Gasteiger partial charge in [-0.15, -0.1) is 6.58 Å². The average molecular weight is 375 g/mol. The molecule has 7 nitrogen and oxygen atoms in total. The van der Waals surface area contributed by atoms with Crippen LogP contribution in [0.1, 0.15) is 0 Å². The number of ether oxygens (including phenoxy) is 2.